The molecule has 164 valence electrons. The van der Waals surface area contributed by atoms with E-state index in [9.17, 15) is 9.59 Å². The van der Waals surface area contributed by atoms with E-state index in [-0.39, 0.29) is 17.5 Å². The van der Waals surface area contributed by atoms with Crippen molar-refractivity contribution >= 4 is 16.8 Å². The van der Waals surface area contributed by atoms with Crippen molar-refractivity contribution in [1.29, 1.82) is 0 Å². The van der Waals surface area contributed by atoms with E-state index in [1.54, 1.807) is 4.57 Å². The van der Waals surface area contributed by atoms with Crippen LogP contribution < -0.4 is 5.56 Å². The van der Waals surface area contributed by atoms with Crippen LogP contribution in [0.1, 0.15) is 69.4 Å². The molecule has 0 fully saturated rings. The first-order valence-electron chi connectivity index (χ1n) is 11.3. The number of para-hydroxylation sites is 1. The number of unbranched alkanes of at least 4 members (excludes halogenated alkanes) is 1. The number of benzene rings is 2. The second-order valence-corrected chi connectivity index (χ2v) is 8.10. The number of carbonyl (C=O) groups excluding carboxylic acids is 1. The van der Waals surface area contributed by atoms with Crippen LogP contribution in [0.3, 0.4) is 0 Å². The topological polar surface area (TPSA) is 55.2 Å². The van der Waals surface area contributed by atoms with E-state index >= 15 is 0 Å². The molecular formula is C26H33N3O2. The van der Waals surface area contributed by atoms with Crippen LogP contribution in [0.25, 0.3) is 16.6 Å². The molecule has 0 aliphatic heterocycles. The summed E-state index contributed by atoms with van der Waals surface area (Å²) in [5.74, 6) is 0.742. The zero-order valence-electron chi connectivity index (χ0n) is 19.3. The van der Waals surface area contributed by atoms with Crippen LogP contribution in [0.15, 0.2) is 47.3 Å². The molecule has 2 aromatic carbocycles. The average molecular weight is 420 g/mol. The number of hydrogen-bond acceptors (Lipinski definition) is 3. The van der Waals surface area contributed by atoms with Gasteiger partial charge in [0.25, 0.3) is 5.56 Å². The summed E-state index contributed by atoms with van der Waals surface area (Å²) < 4.78 is 1.71. The molecule has 1 aromatic heterocycles. The molecule has 0 bridgehead atoms. The normalized spacial score (nSPS) is 12.2. The maximum Gasteiger partial charge on any atom is 0.266 e. The van der Waals surface area contributed by atoms with Gasteiger partial charge in [0.15, 0.2) is 0 Å². The summed E-state index contributed by atoms with van der Waals surface area (Å²) in [6.07, 6.45) is 3.03. The van der Waals surface area contributed by atoms with Crippen molar-refractivity contribution in [1.82, 2.24) is 14.5 Å². The summed E-state index contributed by atoms with van der Waals surface area (Å²) in [7, 11) is 0. The molecular weight excluding hydrogens is 386 g/mol. The quantitative estimate of drug-likeness (QED) is 0.485. The van der Waals surface area contributed by atoms with Crippen LogP contribution in [-0.4, -0.2) is 26.9 Å². The van der Waals surface area contributed by atoms with Crippen molar-refractivity contribution in [3.8, 4) is 5.69 Å². The Bertz CT molecular complexity index is 1130. The van der Waals surface area contributed by atoms with Crippen molar-refractivity contribution in [2.45, 2.75) is 66.3 Å². The van der Waals surface area contributed by atoms with E-state index in [1.807, 2.05) is 68.1 Å². The summed E-state index contributed by atoms with van der Waals surface area (Å²) in [6.45, 7) is 10.8. The van der Waals surface area contributed by atoms with Crippen LogP contribution in [0.4, 0.5) is 0 Å². The molecule has 3 rings (SSSR count). The highest BCUT2D eigenvalue weighted by Gasteiger charge is 2.27. The minimum Gasteiger partial charge on any atom is -0.333 e. The Morgan fingerprint density at radius 2 is 1.81 bits per heavy atom. The summed E-state index contributed by atoms with van der Waals surface area (Å²) >= 11 is 0. The van der Waals surface area contributed by atoms with Crippen molar-refractivity contribution < 1.29 is 4.79 Å². The van der Waals surface area contributed by atoms with Crippen molar-refractivity contribution in [2.24, 2.45) is 0 Å². The van der Waals surface area contributed by atoms with Crippen LogP contribution in [0, 0.1) is 13.8 Å². The second-order valence-electron chi connectivity index (χ2n) is 8.10. The van der Waals surface area contributed by atoms with Gasteiger partial charge >= 0.3 is 0 Å². The molecule has 1 atom stereocenters. The van der Waals surface area contributed by atoms with E-state index in [4.69, 9.17) is 4.98 Å². The smallest absolute Gasteiger partial charge is 0.266 e. The third-order valence-electron chi connectivity index (χ3n) is 6.02. The lowest BCUT2D eigenvalue weighted by atomic mass is 10.1. The molecule has 1 amide bonds. The number of amides is 1. The molecule has 3 aromatic rings. The van der Waals surface area contributed by atoms with Gasteiger partial charge in [0, 0.05) is 13.0 Å². The van der Waals surface area contributed by atoms with E-state index in [0.717, 1.165) is 24.1 Å². The van der Waals surface area contributed by atoms with Crippen LogP contribution >= 0.6 is 0 Å². The van der Waals surface area contributed by atoms with Crippen molar-refractivity contribution in [2.75, 3.05) is 6.54 Å². The summed E-state index contributed by atoms with van der Waals surface area (Å²) in [5, 5.41) is 0.583. The largest absolute Gasteiger partial charge is 0.333 e. The molecule has 5 heteroatoms. The predicted octanol–water partition coefficient (Wildman–Crippen LogP) is 5.49. The number of nitrogens with zero attached hydrogens (tertiary/aromatic N) is 3. The maximum atomic E-state index is 13.6. The van der Waals surface area contributed by atoms with Gasteiger partial charge in [-0.2, -0.15) is 0 Å². The lowest BCUT2D eigenvalue weighted by Gasteiger charge is -2.31. The fourth-order valence-electron chi connectivity index (χ4n) is 4.07. The van der Waals surface area contributed by atoms with Gasteiger partial charge in [0.1, 0.15) is 5.82 Å². The summed E-state index contributed by atoms with van der Waals surface area (Å²) in [4.78, 5) is 33.5. The summed E-state index contributed by atoms with van der Waals surface area (Å²) in [5.41, 5.74) is 3.64. The molecule has 1 unspecified atom stereocenters. The third kappa shape index (κ3) is 4.55. The standard InChI is InChI=1S/C26H33N3O2/c1-6-9-14-24(30)28(8-3)23(7-2)25-27-22-13-11-10-12-21(22)26(31)29(25)20-16-15-18(4)19(5)17-20/h10-13,15-17,23H,6-9,14H2,1-5H3. The molecule has 0 saturated carbocycles. The number of aryl methyl sites for hydroxylation is 2. The zero-order valence-corrected chi connectivity index (χ0v) is 19.3. The van der Waals surface area contributed by atoms with E-state index in [2.05, 4.69) is 13.8 Å². The Labute approximate surface area is 184 Å². The van der Waals surface area contributed by atoms with Gasteiger partial charge in [-0.15, -0.1) is 0 Å². The number of rotatable bonds is 8. The predicted molar refractivity (Wildman–Crippen MR) is 127 cm³/mol. The Morgan fingerprint density at radius 3 is 2.45 bits per heavy atom. The molecule has 31 heavy (non-hydrogen) atoms. The fraction of sp³-hybridized carbons (Fsp3) is 0.423. The molecule has 5 nitrogen and oxygen atoms in total. The van der Waals surface area contributed by atoms with Gasteiger partial charge in [-0.3, -0.25) is 14.2 Å². The Kier molecular flexibility index (Phi) is 7.26. The van der Waals surface area contributed by atoms with Crippen LogP contribution in [0.5, 0.6) is 0 Å². The van der Waals surface area contributed by atoms with Gasteiger partial charge in [-0.1, -0.05) is 38.5 Å². The van der Waals surface area contributed by atoms with Gasteiger partial charge in [0.2, 0.25) is 5.91 Å². The first-order chi connectivity index (χ1) is 14.9. The lowest BCUT2D eigenvalue weighted by molar-refractivity contribution is -0.133. The first-order valence-corrected chi connectivity index (χ1v) is 11.3. The highest BCUT2D eigenvalue weighted by molar-refractivity contribution is 5.79. The number of hydrogen-bond donors (Lipinski definition) is 0. The number of aromatic nitrogens is 2. The molecule has 0 radical (unpaired) electrons. The van der Waals surface area contributed by atoms with Crippen LogP contribution in [0.2, 0.25) is 0 Å². The van der Waals surface area contributed by atoms with Crippen molar-refractivity contribution in [3.05, 3.63) is 69.8 Å². The zero-order chi connectivity index (χ0) is 22.5. The molecule has 0 N–H and O–H groups in total. The van der Waals surface area contributed by atoms with E-state index in [1.165, 1.54) is 5.56 Å². The van der Waals surface area contributed by atoms with E-state index in [0.29, 0.717) is 36.1 Å². The van der Waals surface area contributed by atoms with Gasteiger partial charge in [-0.05, 0) is 69.0 Å². The first kappa shape index (κ1) is 22.7. The lowest BCUT2D eigenvalue weighted by Crippen LogP contribution is -2.38. The Hall–Kier alpha value is -2.95. The Balaban J connectivity index is 2.27. The average Bonchev–Trinajstić information content (AvgIpc) is 2.77. The fourth-order valence-corrected chi connectivity index (χ4v) is 4.07. The molecule has 0 spiro atoms. The minimum atomic E-state index is -0.270. The molecule has 0 aliphatic rings. The minimum absolute atomic E-state index is 0.0978. The number of fused-ring (bicyclic) bond motifs is 1. The van der Waals surface area contributed by atoms with Gasteiger partial charge in [-0.25, -0.2) is 4.98 Å². The monoisotopic (exact) mass is 419 g/mol. The maximum absolute atomic E-state index is 13.6. The molecule has 1 heterocycles. The number of carbonyl (C=O) groups is 1. The van der Waals surface area contributed by atoms with Crippen LogP contribution in [-0.2, 0) is 4.79 Å². The highest BCUT2D eigenvalue weighted by Crippen LogP contribution is 2.27. The van der Waals surface area contributed by atoms with Gasteiger partial charge < -0.3 is 4.90 Å². The second kappa shape index (κ2) is 9.90. The van der Waals surface area contributed by atoms with Gasteiger partial charge in [0.05, 0.1) is 22.6 Å². The SMILES string of the molecule is CCCCC(=O)N(CC)C(CC)c1nc2ccccc2c(=O)n1-c1ccc(C)c(C)c1. The Morgan fingerprint density at radius 1 is 1.06 bits per heavy atom. The summed E-state index contributed by atoms with van der Waals surface area (Å²) in [6, 6.07) is 13.2. The highest BCUT2D eigenvalue weighted by atomic mass is 16.2. The van der Waals surface area contributed by atoms with Crippen molar-refractivity contribution in [3.63, 3.8) is 0 Å². The molecule has 0 aliphatic carbocycles. The van der Waals surface area contributed by atoms with E-state index < -0.39 is 0 Å². The molecule has 0 saturated heterocycles. The third-order valence-corrected chi connectivity index (χ3v) is 6.02.